The van der Waals surface area contributed by atoms with E-state index in [2.05, 4.69) is 33.3 Å². The van der Waals surface area contributed by atoms with E-state index in [1.54, 1.807) is 0 Å². The summed E-state index contributed by atoms with van der Waals surface area (Å²) in [6.07, 6.45) is 1.30. The average molecular weight is 292 g/mol. The zero-order valence-corrected chi connectivity index (χ0v) is 14.4. The van der Waals surface area contributed by atoms with E-state index >= 15 is 0 Å². The highest BCUT2D eigenvalue weighted by molar-refractivity contribution is 8.93. The topological polar surface area (TPSA) is 0 Å². The van der Waals surface area contributed by atoms with Gasteiger partial charge in [-0.1, -0.05) is 34.4 Å². The lowest BCUT2D eigenvalue weighted by atomic mass is 12.0. The van der Waals surface area contributed by atoms with Gasteiger partial charge in [0.15, 0.2) is 0 Å². The maximum Gasteiger partial charge on any atom is -0.0171 e. The van der Waals surface area contributed by atoms with Crippen LogP contribution in [0.4, 0.5) is 0 Å². The van der Waals surface area contributed by atoms with Crippen molar-refractivity contribution in [2.75, 3.05) is 0 Å². The van der Waals surface area contributed by atoms with E-state index in [1.165, 1.54) is 0 Å². The van der Waals surface area contributed by atoms with Crippen LogP contribution in [0.3, 0.4) is 0 Å². The Labute approximate surface area is 80.6 Å². The summed E-state index contributed by atoms with van der Waals surface area (Å²) in [5.41, 5.74) is 0. The van der Waals surface area contributed by atoms with Gasteiger partial charge < -0.3 is 0 Å². The minimum absolute atomic E-state index is 0.587. The van der Waals surface area contributed by atoms with Gasteiger partial charge in [-0.15, -0.1) is 0 Å². The van der Waals surface area contributed by atoms with Crippen molar-refractivity contribution in [3.63, 3.8) is 0 Å². The highest BCUT2D eigenvalue weighted by Gasteiger charge is 2.16. The van der Waals surface area contributed by atoms with Crippen molar-refractivity contribution in [3.8, 4) is 0 Å². The standard InChI is InChI=1S/C5H15P7/c1-6-7(2)12-9(4)8(3)11(6)10(12)5/h1-5H3. The van der Waals surface area contributed by atoms with Crippen LogP contribution in [0.5, 0.6) is 0 Å². The second-order valence-corrected chi connectivity index (χ2v) is 44.6. The van der Waals surface area contributed by atoms with Crippen LogP contribution in [-0.4, -0.2) is 0 Å². The summed E-state index contributed by atoms with van der Waals surface area (Å²) in [6, 6.07) is 0. The van der Waals surface area contributed by atoms with Crippen LogP contribution in [0, 0.1) is 0 Å². The SMILES string of the molecule is Cp1p(C)p2p(C)p(C)p1p2C. The molecule has 0 aliphatic heterocycles. The maximum absolute atomic E-state index is 2.67. The average Bonchev–Trinajstić information content (AvgIpc) is 2.33. The van der Waals surface area contributed by atoms with Gasteiger partial charge in [-0.2, -0.15) is 0 Å². The number of rotatable bonds is 0. The monoisotopic (exact) mass is 292 g/mol. The fourth-order valence-corrected chi connectivity index (χ4v) is 158. The molecular weight excluding hydrogens is 277 g/mol. The predicted molar refractivity (Wildman–Crippen MR) is 76.4 cm³/mol. The van der Waals surface area contributed by atoms with Crippen molar-refractivity contribution in [2.24, 2.45) is 33.3 Å². The Bertz CT molecular complexity index is 369. The van der Waals surface area contributed by atoms with E-state index in [0.717, 1.165) is 0 Å². The largest absolute Gasteiger partial charge is 0.0708 e. The third kappa shape index (κ3) is 1.28. The molecular formula is C5H15P7. The maximum atomic E-state index is 2.67. The number of fused-ring (bicyclic) bond motifs is 2. The minimum Gasteiger partial charge on any atom is -0.0708 e. The van der Waals surface area contributed by atoms with Crippen molar-refractivity contribution in [1.29, 1.82) is 0 Å². The van der Waals surface area contributed by atoms with Crippen molar-refractivity contribution in [3.05, 3.63) is 0 Å². The van der Waals surface area contributed by atoms with Gasteiger partial charge in [0.05, 0.1) is 0 Å². The zero-order valence-electron chi connectivity index (χ0n) is 8.13. The molecule has 0 saturated carbocycles. The van der Waals surface area contributed by atoms with Gasteiger partial charge in [0.1, 0.15) is 0 Å². The minimum atomic E-state index is 0.587. The molecule has 0 saturated heterocycles. The van der Waals surface area contributed by atoms with Gasteiger partial charge in [0, 0.05) is 0 Å². The lowest BCUT2D eigenvalue weighted by Gasteiger charge is -2.04. The summed E-state index contributed by atoms with van der Waals surface area (Å²) in [6.45, 7) is 16.2. The lowest BCUT2D eigenvalue weighted by Crippen LogP contribution is -1.37. The first kappa shape index (κ1) is 10.6. The van der Waals surface area contributed by atoms with E-state index in [4.69, 9.17) is 0 Å². The van der Waals surface area contributed by atoms with Crippen LogP contribution in [0.1, 0.15) is 0 Å². The molecule has 0 aliphatic carbocycles. The van der Waals surface area contributed by atoms with E-state index in [-0.39, 0.29) is 0 Å². The van der Waals surface area contributed by atoms with E-state index in [1.807, 2.05) is 0 Å². The molecule has 2 aromatic heterocycles. The normalized spacial score (nSPS) is 22.2. The smallest absolute Gasteiger partial charge is 0.0171 e. The number of hydrogen-bond donors (Lipinski definition) is 0. The molecule has 0 aromatic carbocycles. The number of aryl methyl sites for hydroxylation is 5. The van der Waals surface area contributed by atoms with Crippen LogP contribution >= 0.6 is 47.2 Å². The molecule has 0 radical (unpaired) electrons. The van der Waals surface area contributed by atoms with Crippen molar-refractivity contribution in [2.45, 2.75) is 0 Å². The molecule has 0 fully saturated rings. The summed E-state index contributed by atoms with van der Waals surface area (Å²) < 4.78 is 0. The van der Waals surface area contributed by atoms with Crippen LogP contribution in [0.15, 0.2) is 0 Å². The van der Waals surface area contributed by atoms with E-state index in [0.29, 0.717) is 47.2 Å². The molecule has 2 heterocycles. The van der Waals surface area contributed by atoms with Crippen LogP contribution < -0.4 is 0 Å². The Morgan fingerprint density at radius 3 is 0.833 bits per heavy atom. The van der Waals surface area contributed by atoms with Crippen LogP contribution in [0.25, 0.3) is 0 Å². The summed E-state index contributed by atoms with van der Waals surface area (Å²) >= 11 is 0. The molecule has 2 rings (SSSR count). The zero-order chi connectivity index (χ0) is 9.04. The Morgan fingerprint density at radius 2 is 0.667 bits per heavy atom. The van der Waals surface area contributed by atoms with Crippen molar-refractivity contribution >= 4 is 47.2 Å². The van der Waals surface area contributed by atoms with E-state index < -0.39 is 0 Å². The highest BCUT2D eigenvalue weighted by atomic mass is 32.9. The molecule has 4 unspecified atom stereocenters. The molecule has 2 bridgehead atoms. The third-order valence-corrected chi connectivity index (χ3v) is 87.6. The molecule has 7 heteroatoms. The molecule has 0 nitrogen and oxygen atoms in total. The summed E-state index contributed by atoms with van der Waals surface area (Å²) in [4.78, 5) is 0. The van der Waals surface area contributed by atoms with Gasteiger partial charge in [-0.3, -0.25) is 0 Å². The summed E-state index contributed by atoms with van der Waals surface area (Å²) in [5, 5.41) is 0. The predicted octanol–water partition coefficient (Wildman–Crippen LogP) is 7.15. The second-order valence-electron chi connectivity index (χ2n) is 2.98. The van der Waals surface area contributed by atoms with Gasteiger partial charge in [-0.25, -0.2) is 0 Å². The molecule has 0 spiro atoms. The van der Waals surface area contributed by atoms with Crippen molar-refractivity contribution < 1.29 is 0 Å². The molecule has 0 aliphatic rings. The van der Waals surface area contributed by atoms with Gasteiger partial charge in [-0.05, 0) is 46.1 Å². The molecule has 0 amide bonds. The fraction of sp³-hybridized carbons (Fsp3) is 1.00. The molecule has 70 valence electrons. The van der Waals surface area contributed by atoms with Crippen LogP contribution in [-0.2, 0) is 33.3 Å². The third-order valence-electron chi connectivity index (χ3n) is 2.39. The molecule has 4 atom stereocenters. The Hall–Kier alpha value is 2.10. The van der Waals surface area contributed by atoms with E-state index in [9.17, 15) is 0 Å². The van der Waals surface area contributed by atoms with Gasteiger partial charge in [0.2, 0.25) is 0 Å². The fourth-order valence-electron chi connectivity index (χ4n) is 1.66. The number of hydrogen-bond acceptors (Lipinski definition) is 0. The van der Waals surface area contributed by atoms with Crippen LogP contribution in [0.2, 0.25) is 0 Å². The lowest BCUT2D eigenvalue weighted by molar-refractivity contribution is 2.14. The second kappa shape index (κ2) is 3.59. The summed E-state index contributed by atoms with van der Waals surface area (Å²) in [5.74, 6) is 0. The molecule has 2 aromatic rings. The Kier molecular flexibility index (Phi) is 3.18. The first-order valence-corrected chi connectivity index (χ1v) is 21.1. The molecule has 0 N–H and O–H groups in total. The van der Waals surface area contributed by atoms with Gasteiger partial charge >= 0.3 is 0 Å². The first-order chi connectivity index (χ1) is 5.55. The van der Waals surface area contributed by atoms with Crippen molar-refractivity contribution in [1.82, 2.24) is 0 Å². The summed E-state index contributed by atoms with van der Waals surface area (Å²) in [7, 11) is 0. The molecule has 12 heavy (non-hydrogen) atoms. The quantitative estimate of drug-likeness (QED) is 0.483. The van der Waals surface area contributed by atoms with Gasteiger partial charge in [0.25, 0.3) is 0 Å². The Morgan fingerprint density at radius 1 is 0.417 bits per heavy atom. The highest BCUT2D eigenvalue weighted by Crippen LogP contribution is 2.98. The Balaban J connectivity index is 3.05. The first-order valence-electron chi connectivity index (χ1n) is 3.84.